The van der Waals surface area contributed by atoms with E-state index in [4.69, 9.17) is 11.6 Å². The van der Waals surface area contributed by atoms with Gasteiger partial charge < -0.3 is 14.6 Å². The van der Waals surface area contributed by atoms with Crippen LogP contribution < -0.4 is 10.5 Å². The van der Waals surface area contributed by atoms with E-state index in [-0.39, 0.29) is 5.56 Å². The van der Waals surface area contributed by atoms with Crippen LogP contribution in [0.25, 0.3) is 0 Å². The van der Waals surface area contributed by atoms with Gasteiger partial charge in [0.2, 0.25) is 0 Å². The molecule has 1 fully saturated rings. The molecule has 2 heterocycles. The Bertz CT molecular complexity index is 746. The summed E-state index contributed by atoms with van der Waals surface area (Å²) in [5.41, 5.74) is -0.0204. The van der Waals surface area contributed by atoms with Crippen molar-refractivity contribution in [2.75, 3.05) is 18.0 Å². The van der Waals surface area contributed by atoms with Crippen LogP contribution in [0.2, 0.25) is 5.02 Å². The highest BCUT2D eigenvalue weighted by Crippen LogP contribution is 2.28. The van der Waals surface area contributed by atoms with Gasteiger partial charge in [0.15, 0.2) is 5.82 Å². The summed E-state index contributed by atoms with van der Waals surface area (Å²) in [5.74, 6) is 0.395. The van der Waals surface area contributed by atoms with Crippen molar-refractivity contribution in [2.24, 2.45) is 7.05 Å². The molecule has 2 aromatic rings. The first-order chi connectivity index (χ1) is 10.5. The molecule has 1 aromatic carbocycles. The molecule has 0 amide bonds. The molecule has 0 unspecified atom stereocenters. The molecule has 22 heavy (non-hydrogen) atoms. The zero-order valence-electron chi connectivity index (χ0n) is 12.4. The number of β-amino-alcohol motifs (C(OH)–C–C–N with tert-alkyl or cyclic N) is 1. The minimum Gasteiger partial charge on any atom is -0.388 e. The standard InChI is InChI=1S/C16H18ClN3O2/c1-19-8-6-18-14(15(19)21)20-7-5-16(22,11-20)10-12-3-2-4-13(17)9-12/h2-4,6,8-9,22H,5,7,10-11H2,1H3/t16-/m1/s1. The van der Waals surface area contributed by atoms with Crippen LogP contribution in [0.5, 0.6) is 0 Å². The Morgan fingerprint density at radius 3 is 3.05 bits per heavy atom. The number of halogens is 1. The minimum absolute atomic E-state index is 0.144. The number of benzene rings is 1. The first-order valence-electron chi connectivity index (χ1n) is 7.20. The topological polar surface area (TPSA) is 58.4 Å². The molecular formula is C16H18ClN3O2. The molecule has 1 atom stereocenters. The lowest BCUT2D eigenvalue weighted by Crippen LogP contribution is -2.38. The second-order valence-electron chi connectivity index (χ2n) is 5.87. The van der Waals surface area contributed by atoms with E-state index in [1.54, 1.807) is 19.4 Å². The number of aliphatic hydroxyl groups is 1. The predicted octanol–water partition coefficient (Wildman–Crippen LogP) is 1.62. The van der Waals surface area contributed by atoms with Gasteiger partial charge >= 0.3 is 0 Å². The van der Waals surface area contributed by atoms with Crippen LogP contribution in [0.3, 0.4) is 0 Å². The molecule has 3 rings (SSSR count). The molecule has 6 heteroatoms. The summed E-state index contributed by atoms with van der Waals surface area (Å²) in [4.78, 5) is 18.2. The minimum atomic E-state index is -0.868. The third-order valence-corrected chi connectivity index (χ3v) is 4.29. The fourth-order valence-electron chi connectivity index (χ4n) is 2.91. The van der Waals surface area contributed by atoms with Crippen LogP contribution in [-0.2, 0) is 13.5 Å². The Labute approximate surface area is 133 Å². The molecule has 0 spiro atoms. The number of hydrogen-bond acceptors (Lipinski definition) is 4. The molecule has 0 radical (unpaired) electrons. The molecule has 0 bridgehead atoms. The third-order valence-electron chi connectivity index (χ3n) is 4.05. The smallest absolute Gasteiger partial charge is 0.293 e. The second-order valence-corrected chi connectivity index (χ2v) is 6.31. The van der Waals surface area contributed by atoms with Crippen LogP contribution >= 0.6 is 11.6 Å². The molecule has 5 nitrogen and oxygen atoms in total. The SMILES string of the molecule is Cn1ccnc(N2CC[C@@](O)(Cc3cccc(Cl)c3)C2)c1=O. The van der Waals surface area contributed by atoms with Gasteiger partial charge in [-0.3, -0.25) is 4.79 Å². The van der Waals surface area contributed by atoms with E-state index < -0.39 is 5.60 Å². The van der Waals surface area contributed by atoms with Gasteiger partial charge in [-0.2, -0.15) is 0 Å². The summed E-state index contributed by atoms with van der Waals surface area (Å²) in [6, 6.07) is 7.50. The van der Waals surface area contributed by atoms with E-state index in [1.807, 2.05) is 29.2 Å². The third kappa shape index (κ3) is 3.00. The monoisotopic (exact) mass is 319 g/mol. The highest BCUT2D eigenvalue weighted by Gasteiger charge is 2.37. The van der Waals surface area contributed by atoms with Crippen molar-refractivity contribution in [1.29, 1.82) is 0 Å². The highest BCUT2D eigenvalue weighted by atomic mass is 35.5. The summed E-state index contributed by atoms with van der Waals surface area (Å²) < 4.78 is 1.50. The summed E-state index contributed by atoms with van der Waals surface area (Å²) in [5, 5.41) is 11.5. The van der Waals surface area contributed by atoms with Gasteiger partial charge in [-0.1, -0.05) is 23.7 Å². The van der Waals surface area contributed by atoms with Crippen molar-refractivity contribution < 1.29 is 5.11 Å². The Morgan fingerprint density at radius 2 is 2.27 bits per heavy atom. The fraction of sp³-hybridized carbons (Fsp3) is 0.375. The molecule has 1 N–H and O–H groups in total. The largest absolute Gasteiger partial charge is 0.388 e. The average Bonchev–Trinajstić information content (AvgIpc) is 2.84. The summed E-state index contributed by atoms with van der Waals surface area (Å²) in [7, 11) is 1.70. The molecule has 0 saturated carbocycles. The summed E-state index contributed by atoms with van der Waals surface area (Å²) in [6.45, 7) is 1.01. The quantitative estimate of drug-likeness (QED) is 0.934. The van der Waals surface area contributed by atoms with Gasteiger partial charge in [0.25, 0.3) is 5.56 Å². The molecule has 1 saturated heterocycles. The van der Waals surface area contributed by atoms with Gasteiger partial charge in [-0.15, -0.1) is 0 Å². The predicted molar refractivity (Wildman–Crippen MR) is 86.4 cm³/mol. The van der Waals surface area contributed by atoms with Crippen molar-refractivity contribution in [3.63, 3.8) is 0 Å². The van der Waals surface area contributed by atoms with Crippen LogP contribution in [0.4, 0.5) is 5.82 Å². The number of anilines is 1. The highest BCUT2D eigenvalue weighted by molar-refractivity contribution is 6.30. The van der Waals surface area contributed by atoms with E-state index in [9.17, 15) is 9.90 Å². The molecule has 1 aromatic heterocycles. The number of aryl methyl sites for hydroxylation is 1. The maximum Gasteiger partial charge on any atom is 0.293 e. The van der Waals surface area contributed by atoms with Crippen molar-refractivity contribution in [3.8, 4) is 0 Å². The zero-order chi connectivity index (χ0) is 15.7. The number of rotatable bonds is 3. The zero-order valence-corrected chi connectivity index (χ0v) is 13.1. The Balaban J connectivity index is 1.79. The molecule has 1 aliphatic rings. The van der Waals surface area contributed by atoms with Crippen molar-refractivity contribution in [1.82, 2.24) is 9.55 Å². The maximum absolute atomic E-state index is 12.1. The molecule has 0 aliphatic carbocycles. The van der Waals surface area contributed by atoms with Crippen LogP contribution in [0.15, 0.2) is 41.5 Å². The average molecular weight is 320 g/mol. The van der Waals surface area contributed by atoms with Crippen molar-refractivity contribution in [3.05, 3.63) is 57.6 Å². The summed E-state index contributed by atoms with van der Waals surface area (Å²) >= 11 is 5.99. The van der Waals surface area contributed by atoms with Gasteiger partial charge in [0.05, 0.1) is 5.60 Å². The van der Waals surface area contributed by atoms with E-state index in [2.05, 4.69) is 4.98 Å². The number of aromatic nitrogens is 2. The number of hydrogen-bond donors (Lipinski definition) is 1. The summed E-state index contributed by atoms with van der Waals surface area (Å²) in [6.07, 6.45) is 4.33. The van der Waals surface area contributed by atoms with Crippen LogP contribution in [-0.4, -0.2) is 33.3 Å². The first-order valence-corrected chi connectivity index (χ1v) is 7.58. The molecule has 116 valence electrons. The van der Waals surface area contributed by atoms with E-state index in [1.165, 1.54) is 4.57 Å². The maximum atomic E-state index is 12.1. The lowest BCUT2D eigenvalue weighted by Gasteiger charge is -2.24. The Morgan fingerprint density at radius 1 is 1.45 bits per heavy atom. The molecule has 1 aliphatic heterocycles. The lowest BCUT2D eigenvalue weighted by atomic mass is 9.94. The van der Waals surface area contributed by atoms with Crippen molar-refractivity contribution in [2.45, 2.75) is 18.4 Å². The normalized spacial score (nSPS) is 21.3. The first kappa shape index (κ1) is 15.1. The Hall–Kier alpha value is -1.85. The van der Waals surface area contributed by atoms with E-state index in [0.29, 0.717) is 36.8 Å². The van der Waals surface area contributed by atoms with Crippen LogP contribution in [0, 0.1) is 0 Å². The fourth-order valence-corrected chi connectivity index (χ4v) is 3.12. The van der Waals surface area contributed by atoms with Crippen LogP contribution in [0.1, 0.15) is 12.0 Å². The van der Waals surface area contributed by atoms with Gasteiger partial charge in [0.1, 0.15) is 0 Å². The van der Waals surface area contributed by atoms with E-state index >= 15 is 0 Å². The Kier molecular flexibility index (Phi) is 3.93. The van der Waals surface area contributed by atoms with Crippen molar-refractivity contribution >= 4 is 17.4 Å². The lowest BCUT2D eigenvalue weighted by molar-refractivity contribution is 0.0637. The van der Waals surface area contributed by atoms with Gasteiger partial charge in [-0.25, -0.2) is 4.98 Å². The second kappa shape index (κ2) is 5.74. The van der Waals surface area contributed by atoms with Gasteiger partial charge in [0, 0.05) is 44.0 Å². The number of nitrogens with zero attached hydrogens (tertiary/aromatic N) is 3. The van der Waals surface area contributed by atoms with Gasteiger partial charge in [-0.05, 0) is 24.1 Å². The van der Waals surface area contributed by atoms with E-state index in [0.717, 1.165) is 5.56 Å². The molecular weight excluding hydrogens is 302 g/mol.